The molecule has 0 spiro atoms. The maximum atomic E-state index is 12.8. The first-order valence-corrected chi connectivity index (χ1v) is 7.51. The largest absolute Gasteiger partial charge is 0.416 e. The van der Waals surface area contributed by atoms with Crippen molar-refractivity contribution >= 4 is 17.6 Å². The Morgan fingerprint density at radius 2 is 1.90 bits per heavy atom. The highest BCUT2D eigenvalue weighted by atomic mass is 32.2. The summed E-state index contributed by atoms with van der Waals surface area (Å²) in [6, 6.07) is 2.13. The van der Waals surface area contributed by atoms with Crippen LogP contribution >= 0.6 is 11.8 Å². The number of pyridine rings is 1. The molecule has 3 nitrogen and oxygen atoms in total. The van der Waals surface area contributed by atoms with Crippen molar-refractivity contribution in [3.8, 4) is 0 Å². The lowest BCUT2D eigenvalue weighted by Gasteiger charge is -2.17. The molecule has 0 bridgehead atoms. The van der Waals surface area contributed by atoms with Crippen molar-refractivity contribution in [2.75, 3.05) is 37.8 Å². The molecule has 1 N–H and O–H groups in total. The Morgan fingerprint density at radius 1 is 1.25 bits per heavy atom. The fourth-order valence-electron chi connectivity index (χ4n) is 1.69. The minimum Gasteiger partial charge on any atom is -0.373 e. The van der Waals surface area contributed by atoms with Crippen molar-refractivity contribution in [1.82, 2.24) is 9.88 Å². The number of hydrogen-bond donors (Lipinski definition) is 1. The highest BCUT2D eigenvalue weighted by molar-refractivity contribution is 7.99. The van der Waals surface area contributed by atoms with Crippen LogP contribution in [0.5, 0.6) is 0 Å². The van der Waals surface area contributed by atoms with E-state index in [0.717, 1.165) is 37.5 Å². The number of nitrogens with one attached hydrogen (secondary N) is 1. The molecule has 7 heteroatoms. The SMILES string of the molecule is CCN(CC)CCSc1cc(C(F)(F)F)cc(NC)n1. The average molecular weight is 307 g/mol. The van der Waals surface area contributed by atoms with Gasteiger partial charge in [-0.05, 0) is 25.2 Å². The van der Waals surface area contributed by atoms with Gasteiger partial charge in [0.15, 0.2) is 0 Å². The number of thioether (sulfide) groups is 1. The van der Waals surface area contributed by atoms with Gasteiger partial charge in [-0.25, -0.2) is 4.98 Å². The van der Waals surface area contributed by atoms with Gasteiger partial charge >= 0.3 is 6.18 Å². The third-order valence-electron chi connectivity index (χ3n) is 2.94. The number of nitrogens with zero attached hydrogens (tertiary/aromatic N) is 2. The smallest absolute Gasteiger partial charge is 0.373 e. The van der Waals surface area contributed by atoms with Crippen LogP contribution < -0.4 is 5.32 Å². The summed E-state index contributed by atoms with van der Waals surface area (Å²) in [5, 5.41) is 3.07. The first kappa shape index (κ1) is 17.1. The fraction of sp³-hybridized carbons (Fsp3) is 0.615. The second-order valence-corrected chi connectivity index (χ2v) is 5.32. The third-order valence-corrected chi connectivity index (χ3v) is 3.83. The highest BCUT2D eigenvalue weighted by Gasteiger charge is 2.31. The molecule has 0 aliphatic heterocycles. The van der Waals surface area contributed by atoms with Crippen LogP contribution in [-0.4, -0.2) is 42.3 Å². The quantitative estimate of drug-likeness (QED) is 0.779. The second kappa shape index (κ2) is 7.73. The highest BCUT2D eigenvalue weighted by Crippen LogP contribution is 2.32. The molecule has 0 fully saturated rings. The van der Waals surface area contributed by atoms with Gasteiger partial charge < -0.3 is 10.2 Å². The summed E-state index contributed by atoms with van der Waals surface area (Å²) in [6.45, 7) is 6.85. The van der Waals surface area contributed by atoms with Gasteiger partial charge in [0.2, 0.25) is 0 Å². The first-order valence-electron chi connectivity index (χ1n) is 6.52. The van der Waals surface area contributed by atoms with E-state index in [1.54, 1.807) is 7.05 Å². The molecule has 1 heterocycles. The zero-order valence-corrected chi connectivity index (χ0v) is 12.7. The van der Waals surface area contributed by atoms with Crippen LogP contribution in [0.25, 0.3) is 0 Å². The van der Waals surface area contributed by atoms with Gasteiger partial charge in [0.05, 0.1) is 10.6 Å². The predicted molar refractivity (Wildman–Crippen MR) is 77.3 cm³/mol. The molecule has 0 saturated carbocycles. The van der Waals surface area contributed by atoms with E-state index < -0.39 is 11.7 Å². The lowest BCUT2D eigenvalue weighted by atomic mass is 10.2. The normalized spacial score (nSPS) is 11.9. The molecule has 0 amide bonds. The fourth-order valence-corrected chi connectivity index (χ4v) is 2.62. The predicted octanol–water partition coefficient (Wildman–Crippen LogP) is 3.58. The van der Waals surface area contributed by atoms with Gasteiger partial charge in [-0.2, -0.15) is 13.2 Å². The molecule has 0 unspecified atom stereocenters. The number of alkyl halides is 3. The van der Waals surface area contributed by atoms with E-state index in [2.05, 4.69) is 29.0 Å². The molecule has 0 aromatic carbocycles. The van der Waals surface area contributed by atoms with E-state index in [-0.39, 0.29) is 5.82 Å². The molecule has 114 valence electrons. The summed E-state index contributed by atoms with van der Waals surface area (Å²) >= 11 is 1.35. The van der Waals surface area contributed by atoms with Crippen LogP contribution in [0, 0.1) is 0 Å². The summed E-state index contributed by atoms with van der Waals surface area (Å²) in [6.07, 6.45) is -4.34. The Labute approximate surface area is 122 Å². The summed E-state index contributed by atoms with van der Waals surface area (Å²) in [7, 11) is 1.56. The Morgan fingerprint density at radius 3 is 2.40 bits per heavy atom. The summed E-state index contributed by atoms with van der Waals surface area (Å²) in [4.78, 5) is 6.37. The van der Waals surface area contributed by atoms with Crippen LogP contribution in [0.15, 0.2) is 17.2 Å². The van der Waals surface area contributed by atoms with Crippen LogP contribution in [0.2, 0.25) is 0 Å². The van der Waals surface area contributed by atoms with E-state index in [4.69, 9.17) is 0 Å². The monoisotopic (exact) mass is 307 g/mol. The number of rotatable bonds is 7. The van der Waals surface area contributed by atoms with Gasteiger partial charge in [-0.3, -0.25) is 0 Å². The maximum absolute atomic E-state index is 12.8. The molecular weight excluding hydrogens is 287 g/mol. The van der Waals surface area contributed by atoms with Crippen LogP contribution in [-0.2, 0) is 6.18 Å². The molecule has 0 saturated heterocycles. The minimum atomic E-state index is -4.34. The third kappa shape index (κ3) is 5.20. The number of anilines is 1. The molecule has 0 aliphatic rings. The number of aromatic nitrogens is 1. The average Bonchev–Trinajstić information content (AvgIpc) is 2.42. The molecule has 1 aromatic rings. The Balaban J connectivity index is 2.74. The van der Waals surface area contributed by atoms with Crippen molar-refractivity contribution in [2.24, 2.45) is 0 Å². The van der Waals surface area contributed by atoms with Crippen molar-refractivity contribution < 1.29 is 13.2 Å². The van der Waals surface area contributed by atoms with E-state index in [0.29, 0.717) is 5.03 Å². The van der Waals surface area contributed by atoms with Crippen molar-refractivity contribution in [3.63, 3.8) is 0 Å². The maximum Gasteiger partial charge on any atom is 0.416 e. The molecule has 20 heavy (non-hydrogen) atoms. The Hall–Kier alpha value is -0.950. The summed E-state index contributed by atoms with van der Waals surface area (Å²) in [5.74, 6) is 0.962. The summed E-state index contributed by atoms with van der Waals surface area (Å²) < 4.78 is 38.3. The van der Waals surface area contributed by atoms with Crippen LogP contribution in [0.1, 0.15) is 19.4 Å². The van der Waals surface area contributed by atoms with Gasteiger partial charge in [0.25, 0.3) is 0 Å². The van der Waals surface area contributed by atoms with Crippen molar-refractivity contribution in [1.29, 1.82) is 0 Å². The molecule has 0 atom stereocenters. The van der Waals surface area contributed by atoms with Crippen molar-refractivity contribution in [2.45, 2.75) is 25.0 Å². The number of halogens is 3. The first-order chi connectivity index (χ1) is 9.40. The van der Waals surface area contributed by atoms with Crippen LogP contribution in [0.4, 0.5) is 19.0 Å². The molecular formula is C13H20F3N3S. The number of hydrogen-bond acceptors (Lipinski definition) is 4. The molecule has 1 rings (SSSR count). The van der Waals surface area contributed by atoms with Gasteiger partial charge in [0.1, 0.15) is 5.82 Å². The van der Waals surface area contributed by atoms with E-state index in [1.807, 2.05) is 0 Å². The topological polar surface area (TPSA) is 28.2 Å². The van der Waals surface area contributed by atoms with Crippen LogP contribution in [0.3, 0.4) is 0 Å². The van der Waals surface area contributed by atoms with E-state index in [1.165, 1.54) is 11.8 Å². The lowest BCUT2D eigenvalue weighted by Crippen LogP contribution is -2.25. The molecule has 0 aliphatic carbocycles. The standard InChI is InChI=1S/C13H20F3N3S/c1-4-19(5-2)6-7-20-12-9-10(13(14,15)16)8-11(17-3)18-12/h8-9H,4-7H2,1-3H3,(H,17,18). The Bertz CT molecular complexity index is 420. The zero-order chi connectivity index (χ0) is 15.2. The van der Waals surface area contributed by atoms with Gasteiger partial charge in [0, 0.05) is 19.3 Å². The van der Waals surface area contributed by atoms with Crippen molar-refractivity contribution in [3.05, 3.63) is 17.7 Å². The summed E-state index contributed by atoms with van der Waals surface area (Å²) in [5.41, 5.74) is -0.665. The van der Waals surface area contributed by atoms with E-state index >= 15 is 0 Å². The minimum absolute atomic E-state index is 0.241. The molecule has 1 aromatic heterocycles. The van der Waals surface area contributed by atoms with E-state index in [9.17, 15) is 13.2 Å². The molecule has 0 radical (unpaired) electrons. The van der Waals surface area contributed by atoms with Gasteiger partial charge in [-0.15, -0.1) is 11.8 Å². The zero-order valence-electron chi connectivity index (χ0n) is 11.9. The lowest BCUT2D eigenvalue weighted by molar-refractivity contribution is -0.137. The second-order valence-electron chi connectivity index (χ2n) is 4.20. The Kier molecular flexibility index (Phi) is 6.61. The van der Waals surface area contributed by atoms with Gasteiger partial charge in [-0.1, -0.05) is 13.8 Å².